The lowest BCUT2D eigenvalue weighted by Gasteiger charge is -2.14. The Labute approximate surface area is 221 Å². The van der Waals surface area contributed by atoms with E-state index in [-0.39, 0.29) is 22.4 Å². The van der Waals surface area contributed by atoms with Gasteiger partial charge in [-0.2, -0.15) is 13.2 Å². The molecular formula is C31H21F3O5. The Hall–Kier alpha value is -4.85. The summed E-state index contributed by atoms with van der Waals surface area (Å²) in [5, 5.41) is -0.158. The molecule has 0 amide bonds. The molecule has 0 radical (unpaired) electrons. The maximum absolute atomic E-state index is 13.9. The van der Waals surface area contributed by atoms with Gasteiger partial charge in [0, 0.05) is 6.07 Å². The second-order valence-electron chi connectivity index (χ2n) is 9.00. The average molecular weight is 530 g/mol. The molecule has 196 valence electrons. The number of benzene rings is 4. The van der Waals surface area contributed by atoms with Crippen molar-refractivity contribution < 1.29 is 31.9 Å². The van der Waals surface area contributed by atoms with Crippen LogP contribution in [-0.4, -0.2) is 5.97 Å². The van der Waals surface area contributed by atoms with Crippen molar-refractivity contribution in [3.8, 4) is 28.4 Å². The Morgan fingerprint density at radius 2 is 1.41 bits per heavy atom. The van der Waals surface area contributed by atoms with Gasteiger partial charge in [-0.1, -0.05) is 48.5 Å². The van der Waals surface area contributed by atoms with Gasteiger partial charge in [-0.25, -0.2) is 4.79 Å². The Balaban J connectivity index is 1.46. The van der Waals surface area contributed by atoms with E-state index in [1.165, 1.54) is 24.3 Å². The Morgan fingerprint density at radius 1 is 0.769 bits per heavy atom. The summed E-state index contributed by atoms with van der Waals surface area (Å²) >= 11 is 0. The molecule has 0 saturated heterocycles. The number of ether oxygens (including phenoxy) is 2. The molecule has 0 aliphatic rings. The first-order valence-electron chi connectivity index (χ1n) is 11.9. The van der Waals surface area contributed by atoms with E-state index in [1.54, 1.807) is 38.1 Å². The molecule has 0 atom stereocenters. The van der Waals surface area contributed by atoms with Crippen LogP contribution >= 0.6 is 0 Å². The molecule has 0 unspecified atom stereocenters. The van der Waals surface area contributed by atoms with Crippen LogP contribution in [0.25, 0.3) is 22.1 Å². The van der Waals surface area contributed by atoms with Gasteiger partial charge in [-0.15, -0.1) is 0 Å². The summed E-state index contributed by atoms with van der Waals surface area (Å²) < 4.78 is 57.6. The quantitative estimate of drug-likeness (QED) is 0.170. The zero-order chi connectivity index (χ0) is 27.7. The van der Waals surface area contributed by atoms with Crippen LogP contribution in [0.4, 0.5) is 13.2 Å². The van der Waals surface area contributed by atoms with E-state index in [1.807, 2.05) is 36.4 Å². The Kier molecular flexibility index (Phi) is 6.70. The van der Waals surface area contributed by atoms with Gasteiger partial charge in [0.05, 0.1) is 10.9 Å². The van der Waals surface area contributed by atoms with Crippen molar-refractivity contribution in [2.24, 2.45) is 0 Å². The number of hydrogen-bond acceptors (Lipinski definition) is 5. The molecule has 1 aromatic heterocycles. The van der Waals surface area contributed by atoms with Crippen molar-refractivity contribution in [2.75, 3.05) is 0 Å². The molecule has 0 saturated carbocycles. The van der Waals surface area contributed by atoms with Crippen molar-refractivity contribution in [3.05, 3.63) is 124 Å². The molecule has 39 heavy (non-hydrogen) atoms. The Morgan fingerprint density at radius 3 is 2.05 bits per heavy atom. The molecular weight excluding hydrogens is 509 g/mol. The molecule has 0 spiro atoms. The largest absolute Gasteiger partial charge is 0.453 e. The number of halogens is 3. The standard InChI is InChI=1S/C31H21F3O5/c1-18-14-19(2)16-24(15-18)37-28-27(35)25-13-12-23(17-26(25)39-29(28)31(32,33)34)38-30(36)22-10-8-21(9-11-22)20-6-4-3-5-7-20/h3-17H,1-2H3. The highest BCUT2D eigenvalue weighted by molar-refractivity contribution is 5.92. The normalized spacial score (nSPS) is 11.4. The molecule has 0 N–H and O–H groups in total. The smallest absolute Gasteiger partial charge is 0.449 e. The van der Waals surface area contributed by atoms with E-state index >= 15 is 0 Å². The number of carbonyl (C=O) groups is 1. The predicted molar refractivity (Wildman–Crippen MR) is 140 cm³/mol. The van der Waals surface area contributed by atoms with Gasteiger partial charge in [-0.3, -0.25) is 4.79 Å². The van der Waals surface area contributed by atoms with Crippen LogP contribution in [-0.2, 0) is 6.18 Å². The first-order chi connectivity index (χ1) is 18.6. The van der Waals surface area contributed by atoms with E-state index < -0.39 is 34.7 Å². The molecule has 0 bridgehead atoms. The van der Waals surface area contributed by atoms with Gasteiger partial charge in [0.15, 0.2) is 0 Å². The minimum atomic E-state index is -5.02. The average Bonchev–Trinajstić information content (AvgIpc) is 2.89. The fourth-order valence-electron chi connectivity index (χ4n) is 4.20. The first kappa shape index (κ1) is 25.8. The van der Waals surface area contributed by atoms with Gasteiger partial charge in [0.25, 0.3) is 5.76 Å². The van der Waals surface area contributed by atoms with Crippen molar-refractivity contribution in [3.63, 3.8) is 0 Å². The van der Waals surface area contributed by atoms with Crippen LogP contribution < -0.4 is 14.9 Å². The highest BCUT2D eigenvalue weighted by Crippen LogP contribution is 2.39. The van der Waals surface area contributed by atoms with Gasteiger partial charge in [-0.05, 0) is 72.5 Å². The SMILES string of the molecule is Cc1cc(C)cc(Oc2c(C(F)(F)F)oc3cc(OC(=O)c4ccc(-c5ccccc5)cc4)ccc3c2=O)c1. The van der Waals surface area contributed by atoms with Crippen LogP contribution in [0.1, 0.15) is 27.2 Å². The third-order valence-electron chi connectivity index (χ3n) is 5.93. The van der Waals surface area contributed by atoms with Crippen molar-refractivity contribution in [2.45, 2.75) is 20.0 Å². The number of alkyl halides is 3. The fraction of sp³-hybridized carbons (Fsp3) is 0.0968. The maximum Gasteiger partial charge on any atom is 0.453 e. The van der Waals surface area contributed by atoms with Crippen LogP contribution in [0, 0.1) is 13.8 Å². The summed E-state index contributed by atoms with van der Waals surface area (Å²) in [5.74, 6) is -3.28. The van der Waals surface area contributed by atoms with E-state index in [4.69, 9.17) is 13.9 Å². The third-order valence-corrected chi connectivity index (χ3v) is 5.93. The molecule has 1 heterocycles. The third kappa shape index (κ3) is 5.55. The summed E-state index contributed by atoms with van der Waals surface area (Å²) in [6.45, 7) is 3.52. The number of rotatable bonds is 5. The number of esters is 1. The molecule has 4 aromatic carbocycles. The summed E-state index contributed by atoms with van der Waals surface area (Å²) in [5.41, 5.74) is 2.22. The lowest BCUT2D eigenvalue weighted by molar-refractivity contribution is -0.154. The summed E-state index contributed by atoms with van der Waals surface area (Å²) in [6, 6.07) is 24.7. The van der Waals surface area contributed by atoms with Crippen LogP contribution in [0.5, 0.6) is 17.2 Å². The monoisotopic (exact) mass is 530 g/mol. The van der Waals surface area contributed by atoms with Gasteiger partial charge in [0.1, 0.15) is 17.1 Å². The molecule has 0 fully saturated rings. The van der Waals surface area contributed by atoms with E-state index in [9.17, 15) is 22.8 Å². The van der Waals surface area contributed by atoms with Gasteiger partial charge in [0.2, 0.25) is 11.2 Å². The van der Waals surface area contributed by atoms with Gasteiger partial charge >= 0.3 is 12.1 Å². The highest BCUT2D eigenvalue weighted by atomic mass is 19.4. The van der Waals surface area contributed by atoms with E-state index in [0.717, 1.165) is 28.3 Å². The van der Waals surface area contributed by atoms with Crippen LogP contribution in [0.2, 0.25) is 0 Å². The fourth-order valence-corrected chi connectivity index (χ4v) is 4.20. The predicted octanol–water partition coefficient (Wildman–Crippen LogP) is 8.11. The first-order valence-corrected chi connectivity index (χ1v) is 11.9. The maximum atomic E-state index is 13.9. The van der Waals surface area contributed by atoms with Gasteiger partial charge < -0.3 is 13.9 Å². The number of carbonyl (C=O) groups excluding carboxylic acids is 1. The summed E-state index contributed by atoms with van der Waals surface area (Å²) in [4.78, 5) is 25.8. The lowest BCUT2D eigenvalue weighted by atomic mass is 10.0. The topological polar surface area (TPSA) is 65.7 Å². The summed E-state index contributed by atoms with van der Waals surface area (Å²) in [7, 11) is 0. The van der Waals surface area contributed by atoms with Crippen molar-refractivity contribution in [1.82, 2.24) is 0 Å². The lowest BCUT2D eigenvalue weighted by Crippen LogP contribution is -2.15. The number of hydrogen-bond donors (Lipinski definition) is 0. The van der Waals surface area contributed by atoms with E-state index in [2.05, 4.69) is 0 Å². The molecule has 5 nitrogen and oxygen atoms in total. The van der Waals surface area contributed by atoms with Crippen molar-refractivity contribution in [1.29, 1.82) is 0 Å². The minimum absolute atomic E-state index is 0.0773. The minimum Gasteiger partial charge on any atom is -0.449 e. The van der Waals surface area contributed by atoms with E-state index in [0.29, 0.717) is 0 Å². The molecule has 0 aliphatic carbocycles. The molecule has 5 aromatic rings. The summed E-state index contributed by atoms with van der Waals surface area (Å²) in [6.07, 6.45) is -5.02. The second-order valence-corrected chi connectivity index (χ2v) is 9.00. The van der Waals surface area contributed by atoms with Crippen molar-refractivity contribution >= 4 is 16.9 Å². The highest BCUT2D eigenvalue weighted by Gasteiger charge is 2.40. The van der Waals surface area contributed by atoms with Crippen LogP contribution in [0.15, 0.2) is 100 Å². The number of fused-ring (bicyclic) bond motifs is 1. The Bertz CT molecular complexity index is 1720. The zero-order valence-electron chi connectivity index (χ0n) is 20.8. The zero-order valence-corrected chi connectivity index (χ0v) is 20.8. The number of aryl methyl sites for hydroxylation is 2. The van der Waals surface area contributed by atoms with Crippen LogP contribution in [0.3, 0.4) is 0 Å². The molecule has 8 heteroatoms. The second kappa shape index (κ2) is 10.1. The molecule has 0 aliphatic heterocycles. The molecule has 5 rings (SSSR count).